The molecule has 0 bridgehead atoms. The zero-order chi connectivity index (χ0) is 18.4. The van der Waals surface area contributed by atoms with Crippen molar-refractivity contribution in [3.8, 4) is 0 Å². The highest BCUT2D eigenvalue weighted by Crippen LogP contribution is 2.51. The van der Waals surface area contributed by atoms with Crippen molar-refractivity contribution >= 4 is 11.6 Å². The lowest BCUT2D eigenvalue weighted by molar-refractivity contribution is -0.127. The summed E-state index contributed by atoms with van der Waals surface area (Å²) in [7, 11) is 0. The van der Waals surface area contributed by atoms with Crippen LogP contribution < -0.4 is 0 Å². The summed E-state index contributed by atoms with van der Waals surface area (Å²) in [5.74, 6) is 1.15. The second-order valence-corrected chi connectivity index (χ2v) is 8.04. The quantitative estimate of drug-likeness (QED) is 0.611. The zero-order valence-electron chi connectivity index (χ0n) is 15.4. The van der Waals surface area contributed by atoms with Crippen molar-refractivity contribution in [3.63, 3.8) is 0 Å². The first kappa shape index (κ1) is 18.1. The molecule has 4 atom stereocenters. The summed E-state index contributed by atoms with van der Waals surface area (Å²) in [5.41, 5.74) is 2.27. The number of fused-ring (bicyclic) bond motifs is 1. The monoisotopic (exact) mass is 344 g/mol. The lowest BCUT2D eigenvalue weighted by Crippen LogP contribution is -2.43. The fourth-order valence-electron chi connectivity index (χ4n) is 4.38. The second-order valence-electron chi connectivity index (χ2n) is 8.04. The van der Waals surface area contributed by atoms with Gasteiger partial charge < -0.3 is 9.84 Å². The zero-order valence-corrected chi connectivity index (χ0v) is 15.4. The number of ether oxygens (including phenoxy) is 1. The standard InChI is InChI=1S/C21H28O4/c1-12(2)17(22)6-5-13(3)14-9-10-21(4)16(14)11-15-19(25-21)8-7-18(23)20(15)24/h9,13,16,18,23H,1,5-8,10-11H2,2-4H3/t13-,16-,18+,21+/m0/s1. The molecule has 0 amide bonds. The number of aliphatic hydroxyl groups excluding tert-OH is 1. The third-order valence-electron chi connectivity index (χ3n) is 6.08. The number of Topliss-reactive ketones (excluding diaryl/α,β-unsaturated/α-hetero) is 2. The highest BCUT2D eigenvalue weighted by Gasteiger charge is 2.49. The summed E-state index contributed by atoms with van der Waals surface area (Å²) in [5, 5.41) is 9.89. The van der Waals surface area contributed by atoms with E-state index in [1.54, 1.807) is 6.92 Å². The van der Waals surface area contributed by atoms with Gasteiger partial charge in [-0.3, -0.25) is 9.59 Å². The maximum Gasteiger partial charge on any atom is 0.190 e. The summed E-state index contributed by atoms with van der Waals surface area (Å²) in [6.45, 7) is 9.73. The number of ketones is 2. The molecule has 0 saturated carbocycles. The molecule has 0 aromatic heterocycles. The summed E-state index contributed by atoms with van der Waals surface area (Å²) >= 11 is 0. The number of allylic oxidation sites excluding steroid dienone is 2. The Hall–Kier alpha value is -1.68. The average Bonchev–Trinajstić information content (AvgIpc) is 2.90. The Balaban J connectivity index is 1.75. The number of carbonyl (C=O) groups excluding carboxylic acids is 2. The molecule has 1 aliphatic heterocycles. The number of hydrogen-bond donors (Lipinski definition) is 1. The Kier molecular flexibility index (Phi) is 4.76. The first-order valence-electron chi connectivity index (χ1n) is 9.25. The molecule has 0 spiro atoms. The molecule has 136 valence electrons. The summed E-state index contributed by atoms with van der Waals surface area (Å²) in [4.78, 5) is 24.2. The number of carbonyl (C=O) groups is 2. The van der Waals surface area contributed by atoms with Crippen LogP contribution in [0.25, 0.3) is 0 Å². The molecule has 4 heteroatoms. The van der Waals surface area contributed by atoms with Crippen LogP contribution in [0.4, 0.5) is 0 Å². The second kappa shape index (κ2) is 6.56. The van der Waals surface area contributed by atoms with Gasteiger partial charge in [-0.05, 0) is 44.6 Å². The fourth-order valence-corrected chi connectivity index (χ4v) is 4.38. The third kappa shape index (κ3) is 3.24. The Bertz CT molecular complexity index is 684. The summed E-state index contributed by atoms with van der Waals surface area (Å²) in [6.07, 6.45) is 5.22. The Morgan fingerprint density at radius 2 is 2.24 bits per heavy atom. The van der Waals surface area contributed by atoms with E-state index in [9.17, 15) is 14.7 Å². The molecule has 0 saturated heterocycles. The lowest BCUT2D eigenvalue weighted by Gasteiger charge is -2.43. The summed E-state index contributed by atoms with van der Waals surface area (Å²) < 4.78 is 6.28. The molecule has 4 nitrogen and oxygen atoms in total. The maximum atomic E-state index is 12.4. The first-order valence-corrected chi connectivity index (χ1v) is 9.25. The molecule has 1 heterocycles. The molecule has 2 aliphatic carbocycles. The van der Waals surface area contributed by atoms with Crippen molar-refractivity contribution in [3.05, 3.63) is 35.1 Å². The van der Waals surface area contributed by atoms with Gasteiger partial charge in [-0.2, -0.15) is 0 Å². The Morgan fingerprint density at radius 3 is 2.92 bits per heavy atom. The third-order valence-corrected chi connectivity index (χ3v) is 6.08. The number of hydrogen-bond acceptors (Lipinski definition) is 4. The molecule has 0 fully saturated rings. The highest BCUT2D eigenvalue weighted by molar-refractivity contribution is 6.00. The van der Waals surface area contributed by atoms with E-state index in [2.05, 4.69) is 26.5 Å². The van der Waals surface area contributed by atoms with Gasteiger partial charge in [-0.1, -0.05) is 25.2 Å². The molecule has 25 heavy (non-hydrogen) atoms. The SMILES string of the molecule is C=C(C)C(=O)CC[C@H](C)C1=CC[C@@]2(C)OC3=C(C[C@@H]12)C(=O)[C@H](O)CC3. The molecule has 1 N–H and O–H groups in total. The van der Waals surface area contributed by atoms with Gasteiger partial charge in [0.25, 0.3) is 0 Å². The van der Waals surface area contributed by atoms with E-state index >= 15 is 0 Å². The minimum Gasteiger partial charge on any atom is -0.491 e. The van der Waals surface area contributed by atoms with Gasteiger partial charge in [0.1, 0.15) is 17.5 Å². The van der Waals surface area contributed by atoms with E-state index in [-0.39, 0.29) is 29.0 Å². The molecular weight excluding hydrogens is 316 g/mol. The van der Waals surface area contributed by atoms with Crippen LogP contribution in [-0.4, -0.2) is 28.4 Å². The lowest BCUT2D eigenvalue weighted by atomic mass is 9.73. The number of aliphatic hydroxyl groups is 1. The van der Waals surface area contributed by atoms with Crippen LogP contribution in [0.2, 0.25) is 0 Å². The predicted molar refractivity (Wildman–Crippen MR) is 95.8 cm³/mol. The van der Waals surface area contributed by atoms with Crippen LogP contribution in [0, 0.1) is 11.8 Å². The van der Waals surface area contributed by atoms with Crippen LogP contribution in [0.1, 0.15) is 59.3 Å². The van der Waals surface area contributed by atoms with E-state index in [1.807, 2.05) is 0 Å². The van der Waals surface area contributed by atoms with E-state index < -0.39 is 6.10 Å². The van der Waals surface area contributed by atoms with Crippen LogP contribution in [0.5, 0.6) is 0 Å². The van der Waals surface area contributed by atoms with Crippen molar-refractivity contribution in [1.29, 1.82) is 0 Å². The average molecular weight is 344 g/mol. The summed E-state index contributed by atoms with van der Waals surface area (Å²) in [6, 6.07) is 0. The highest BCUT2D eigenvalue weighted by atomic mass is 16.5. The van der Waals surface area contributed by atoms with Crippen LogP contribution in [-0.2, 0) is 14.3 Å². The Labute approximate surface area is 149 Å². The Morgan fingerprint density at radius 1 is 1.52 bits per heavy atom. The van der Waals surface area contributed by atoms with Crippen molar-refractivity contribution < 1.29 is 19.4 Å². The van der Waals surface area contributed by atoms with E-state index in [0.717, 1.165) is 18.6 Å². The predicted octanol–water partition coefficient (Wildman–Crippen LogP) is 3.65. The number of rotatable bonds is 5. The van der Waals surface area contributed by atoms with Crippen molar-refractivity contribution in [1.82, 2.24) is 0 Å². The molecular formula is C21H28O4. The van der Waals surface area contributed by atoms with Crippen LogP contribution >= 0.6 is 0 Å². The maximum absolute atomic E-state index is 12.4. The molecule has 0 radical (unpaired) electrons. The molecule has 0 aromatic rings. The van der Waals surface area contributed by atoms with E-state index in [4.69, 9.17) is 4.74 Å². The van der Waals surface area contributed by atoms with Crippen molar-refractivity contribution in [2.45, 2.75) is 71.0 Å². The van der Waals surface area contributed by atoms with Gasteiger partial charge in [0, 0.05) is 30.8 Å². The first-order chi connectivity index (χ1) is 11.7. The smallest absolute Gasteiger partial charge is 0.190 e. The van der Waals surface area contributed by atoms with Crippen molar-refractivity contribution in [2.24, 2.45) is 11.8 Å². The van der Waals surface area contributed by atoms with E-state index in [0.29, 0.717) is 36.8 Å². The van der Waals surface area contributed by atoms with E-state index in [1.165, 1.54) is 5.57 Å². The minimum absolute atomic E-state index is 0.115. The van der Waals surface area contributed by atoms with Gasteiger partial charge in [0.15, 0.2) is 11.6 Å². The molecule has 3 aliphatic rings. The van der Waals surface area contributed by atoms with Crippen LogP contribution in [0.3, 0.4) is 0 Å². The fraction of sp³-hybridized carbons (Fsp3) is 0.619. The van der Waals surface area contributed by atoms with Gasteiger partial charge >= 0.3 is 0 Å². The largest absolute Gasteiger partial charge is 0.491 e. The van der Waals surface area contributed by atoms with Gasteiger partial charge in [-0.15, -0.1) is 0 Å². The normalized spacial score (nSPS) is 32.5. The minimum atomic E-state index is -0.883. The molecule has 0 unspecified atom stereocenters. The topological polar surface area (TPSA) is 63.6 Å². The van der Waals surface area contributed by atoms with Gasteiger partial charge in [0.05, 0.1) is 0 Å². The molecule has 3 rings (SSSR count). The van der Waals surface area contributed by atoms with Crippen LogP contribution in [0.15, 0.2) is 35.1 Å². The van der Waals surface area contributed by atoms with Gasteiger partial charge in [-0.25, -0.2) is 0 Å². The molecule has 0 aromatic carbocycles. The van der Waals surface area contributed by atoms with Gasteiger partial charge in [0.2, 0.25) is 0 Å². The van der Waals surface area contributed by atoms with Crippen molar-refractivity contribution in [2.75, 3.05) is 0 Å².